The maximum absolute atomic E-state index is 5.68. The van der Waals surface area contributed by atoms with E-state index in [9.17, 15) is 0 Å². The van der Waals surface area contributed by atoms with Crippen LogP contribution >= 0.6 is 11.8 Å². The van der Waals surface area contributed by atoms with Crippen LogP contribution in [0.1, 0.15) is 26.7 Å². The topological polar surface area (TPSA) is 35.2 Å². The first-order chi connectivity index (χ1) is 5.68. The van der Waals surface area contributed by atoms with Gasteiger partial charge in [-0.1, -0.05) is 0 Å². The molecule has 3 atom stereocenters. The zero-order valence-electron chi connectivity index (χ0n) is 7.95. The van der Waals surface area contributed by atoms with Crippen LogP contribution in [0.2, 0.25) is 0 Å². The van der Waals surface area contributed by atoms with Crippen LogP contribution in [0.15, 0.2) is 0 Å². The summed E-state index contributed by atoms with van der Waals surface area (Å²) in [4.78, 5) is 0. The van der Waals surface area contributed by atoms with Gasteiger partial charge in [0, 0.05) is 17.5 Å². The lowest BCUT2D eigenvalue weighted by Gasteiger charge is -2.11. The Balaban J connectivity index is 2.00. The summed E-state index contributed by atoms with van der Waals surface area (Å²) in [6, 6.07) is 0.314. The van der Waals surface area contributed by atoms with E-state index in [2.05, 4.69) is 6.92 Å². The first kappa shape index (κ1) is 10.4. The molecule has 3 unspecified atom stereocenters. The zero-order valence-corrected chi connectivity index (χ0v) is 8.77. The molecule has 0 saturated carbocycles. The summed E-state index contributed by atoms with van der Waals surface area (Å²) in [6.45, 7) is 4.20. The molecule has 0 bridgehead atoms. The molecule has 1 aliphatic heterocycles. The molecule has 2 N–H and O–H groups in total. The van der Waals surface area contributed by atoms with Crippen molar-refractivity contribution in [3.63, 3.8) is 0 Å². The number of thioether (sulfide) groups is 1. The second-order valence-corrected chi connectivity index (χ2v) is 4.74. The SMILES string of the molecule is CC(N)CSCC1CCC(C)O1. The van der Waals surface area contributed by atoms with Crippen molar-refractivity contribution in [3.8, 4) is 0 Å². The number of ether oxygens (including phenoxy) is 1. The number of hydrogen-bond acceptors (Lipinski definition) is 3. The Bertz CT molecular complexity index is 130. The summed E-state index contributed by atoms with van der Waals surface area (Å²) in [6.07, 6.45) is 3.42. The van der Waals surface area contributed by atoms with Gasteiger partial charge >= 0.3 is 0 Å². The predicted molar refractivity (Wildman–Crippen MR) is 54.5 cm³/mol. The van der Waals surface area contributed by atoms with E-state index in [1.54, 1.807) is 0 Å². The molecule has 0 radical (unpaired) electrons. The second-order valence-electron chi connectivity index (χ2n) is 3.66. The third-order valence-electron chi connectivity index (χ3n) is 2.00. The number of hydrogen-bond donors (Lipinski definition) is 1. The molecule has 0 spiro atoms. The van der Waals surface area contributed by atoms with Crippen molar-refractivity contribution in [1.29, 1.82) is 0 Å². The van der Waals surface area contributed by atoms with E-state index < -0.39 is 0 Å². The Morgan fingerprint density at radius 1 is 1.58 bits per heavy atom. The summed E-state index contributed by atoms with van der Waals surface area (Å²) in [5.74, 6) is 2.17. The maximum atomic E-state index is 5.68. The molecule has 1 heterocycles. The van der Waals surface area contributed by atoms with Crippen molar-refractivity contribution in [3.05, 3.63) is 0 Å². The van der Waals surface area contributed by atoms with Gasteiger partial charge in [-0.3, -0.25) is 0 Å². The first-order valence-electron chi connectivity index (χ1n) is 4.67. The fraction of sp³-hybridized carbons (Fsp3) is 1.00. The van der Waals surface area contributed by atoms with Gasteiger partial charge in [0.1, 0.15) is 0 Å². The van der Waals surface area contributed by atoms with Crippen LogP contribution in [0.25, 0.3) is 0 Å². The van der Waals surface area contributed by atoms with E-state index in [4.69, 9.17) is 10.5 Å². The van der Waals surface area contributed by atoms with Crippen molar-refractivity contribution in [1.82, 2.24) is 0 Å². The van der Waals surface area contributed by atoms with Gasteiger partial charge < -0.3 is 10.5 Å². The largest absolute Gasteiger partial charge is 0.374 e. The molecule has 1 rings (SSSR count). The highest BCUT2D eigenvalue weighted by atomic mass is 32.2. The molecule has 0 aromatic rings. The summed E-state index contributed by atoms with van der Waals surface area (Å²) in [5.41, 5.74) is 5.64. The van der Waals surface area contributed by atoms with Crippen LogP contribution < -0.4 is 5.73 Å². The fourth-order valence-electron chi connectivity index (χ4n) is 1.39. The van der Waals surface area contributed by atoms with Crippen LogP contribution in [-0.4, -0.2) is 29.8 Å². The van der Waals surface area contributed by atoms with Gasteiger partial charge in [-0.15, -0.1) is 0 Å². The Morgan fingerprint density at radius 2 is 2.33 bits per heavy atom. The first-order valence-corrected chi connectivity index (χ1v) is 5.82. The van der Waals surface area contributed by atoms with Gasteiger partial charge in [-0.25, -0.2) is 0 Å². The molecule has 0 aliphatic carbocycles. The minimum atomic E-state index is 0.314. The predicted octanol–water partition coefficient (Wildman–Crippen LogP) is 1.63. The molecule has 0 aromatic carbocycles. The second kappa shape index (κ2) is 5.10. The highest BCUT2D eigenvalue weighted by molar-refractivity contribution is 7.99. The average Bonchev–Trinajstić information content (AvgIpc) is 2.35. The van der Waals surface area contributed by atoms with Crippen molar-refractivity contribution >= 4 is 11.8 Å². The van der Waals surface area contributed by atoms with Gasteiger partial charge in [-0.05, 0) is 26.7 Å². The van der Waals surface area contributed by atoms with Gasteiger partial charge in [0.15, 0.2) is 0 Å². The molecule has 72 valence electrons. The van der Waals surface area contributed by atoms with Gasteiger partial charge in [-0.2, -0.15) is 11.8 Å². The van der Waals surface area contributed by atoms with Crippen LogP contribution in [0.3, 0.4) is 0 Å². The van der Waals surface area contributed by atoms with E-state index in [1.165, 1.54) is 12.8 Å². The molecular formula is C9H19NOS. The highest BCUT2D eigenvalue weighted by Gasteiger charge is 2.21. The lowest BCUT2D eigenvalue weighted by molar-refractivity contribution is 0.0700. The van der Waals surface area contributed by atoms with Gasteiger partial charge in [0.05, 0.1) is 12.2 Å². The average molecular weight is 189 g/mol. The smallest absolute Gasteiger partial charge is 0.0670 e. The summed E-state index contributed by atoms with van der Waals surface area (Å²) in [5, 5.41) is 0. The number of nitrogens with two attached hydrogens (primary N) is 1. The summed E-state index contributed by atoms with van der Waals surface area (Å²) < 4.78 is 5.68. The molecule has 3 heteroatoms. The van der Waals surface area contributed by atoms with Gasteiger partial charge in [0.2, 0.25) is 0 Å². The molecule has 2 nitrogen and oxygen atoms in total. The third kappa shape index (κ3) is 3.78. The molecule has 1 aliphatic rings. The van der Waals surface area contributed by atoms with E-state index in [0.717, 1.165) is 11.5 Å². The lowest BCUT2D eigenvalue weighted by Crippen LogP contribution is -2.19. The monoisotopic (exact) mass is 189 g/mol. The minimum Gasteiger partial charge on any atom is -0.374 e. The zero-order chi connectivity index (χ0) is 8.97. The molecular weight excluding hydrogens is 170 g/mol. The molecule has 0 aromatic heterocycles. The lowest BCUT2D eigenvalue weighted by atomic mass is 10.2. The maximum Gasteiger partial charge on any atom is 0.0670 e. The Hall–Kier alpha value is 0.270. The Kier molecular flexibility index (Phi) is 4.40. The van der Waals surface area contributed by atoms with Crippen molar-refractivity contribution in [2.75, 3.05) is 11.5 Å². The van der Waals surface area contributed by atoms with E-state index >= 15 is 0 Å². The standard InChI is InChI=1S/C9H19NOS/c1-7(10)5-12-6-9-4-3-8(2)11-9/h7-9H,3-6,10H2,1-2H3. The summed E-state index contributed by atoms with van der Waals surface area (Å²) >= 11 is 1.91. The third-order valence-corrected chi connectivity index (χ3v) is 3.37. The molecule has 1 fully saturated rings. The quantitative estimate of drug-likeness (QED) is 0.730. The van der Waals surface area contributed by atoms with Crippen LogP contribution in [0.5, 0.6) is 0 Å². The Labute approximate surface area is 79.2 Å². The van der Waals surface area contributed by atoms with E-state index in [-0.39, 0.29) is 0 Å². The molecule has 0 amide bonds. The van der Waals surface area contributed by atoms with Crippen LogP contribution in [0, 0.1) is 0 Å². The van der Waals surface area contributed by atoms with Crippen molar-refractivity contribution in [2.24, 2.45) is 5.73 Å². The molecule has 12 heavy (non-hydrogen) atoms. The minimum absolute atomic E-state index is 0.314. The van der Waals surface area contributed by atoms with E-state index in [1.807, 2.05) is 18.7 Å². The van der Waals surface area contributed by atoms with Gasteiger partial charge in [0.25, 0.3) is 0 Å². The number of rotatable bonds is 4. The summed E-state index contributed by atoms with van der Waals surface area (Å²) in [7, 11) is 0. The Morgan fingerprint density at radius 3 is 2.83 bits per heavy atom. The van der Waals surface area contributed by atoms with E-state index in [0.29, 0.717) is 18.2 Å². The van der Waals surface area contributed by atoms with Crippen LogP contribution in [-0.2, 0) is 4.74 Å². The normalized spacial score (nSPS) is 32.2. The van der Waals surface area contributed by atoms with Crippen molar-refractivity contribution < 1.29 is 4.74 Å². The van der Waals surface area contributed by atoms with Crippen LogP contribution in [0.4, 0.5) is 0 Å². The molecule has 1 saturated heterocycles. The highest BCUT2D eigenvalue weighted by Crippen LogP contribution is 2.22. The van der Waals surface area contributed by atoms with Crippen molar-refractivity contribution in [2.45, 2.75) is 44.9 Å². The fourth-order valence-corrected chi connectivity index (χ4v) is 2.41.